The zero-order valence-electron chi connectivity index (χ0n) is 13.0. The lowest BCUT2D eigenvalue weighted by atomic mass is 9.81. The van der Waals surface area contributed by atoms with E-state index in [1.165, 1.54) is 11.8 Å². The first-order chi connectivity index (χ1) is 10.5. The van der Waals surface area contributed by atoms with E-state index in [1.54, 1.807) is 25.4 Å². The molecule has 1 aromatic rings. The van der Waals surface area contributed by atoms with Gasteiger partial charge >= 0.3 is 5.97 Å². The first-order valence-corrected chi connectivity index (χ1v) is 7.53. The summed E-state index contributed by atoms with van der Waals surface area (Å²) in [6.07, 6.45) is 4.98. The summed E-state index contributed by atoms with van der Waals surface area (Å²) < 4.78 is 5.19. The Morgan fingerprint density at radius 1 is 1.41 bits per heavy atom. The van der Waals surface area contributed by atoms with Gasteiger partial charge in [0, 0.05) is 13.2 Å². The van der Waals surface area contributed by atoms with Gasteiger partial charge in [-0.1, -0.05) is 19.3 Å². The molecule has 2 rings (SSSR count). The maximum Gasteiger partial charge on any atom is 0.355 e. The lowest BCUT2D eigenvalue weighted by Crippen LogP contribution is -2.53. The summed E-state index contributed by atoms with van der Waals surface area (Å²) in [7, 11) is 1.62. The maximum atomic E-state index is 12.5. The van der Waals surface area contributed by atoms with E-state index in [4.69, 9.17) is 4.74 Å². The molecule has 1 amide bonds. The first-order valence-electron chi connectivity index (χ1n) is 7.53. The monoisotopic (exact) mass is 303 g/mol. The Kier molecular flexibility index (Phi) is 4.86. The molecule has 0 aliphatic heterocycles. The number of H-pyrrole nitrogens is 1. The first kappa shape index (κ1) is 16.1. The van der Waals surface area contributed by atoms with Crippen LogP contribution >= 0.6 is 0 Å². The highest BCUT2D eigenvalue weighted by atomic mass is 16.5. The maximum absolute atomic E-state index is 12.5. The average Bonchev–Trinajstić information content (AvgIpc) is 3.08. The summed E-state index contributed by atoms with van der Waals surface area (Å²) in [5.41, 5.74) is -0.474. The van der Waals surface area contributed by atoms with Gasteiger partial charge in [0.05, 0.1) is 6.07 Å². The molecule has 22 heavy (non-hydrogen) atoms. The Hall–Kier alpha value is -2.29. The van der Waals surface area contributed by atoms with E-state index in [1.807, 2.05) is 0 Å². The van der Waals surface area contributed by atoms with Crippen LogP contribution in [0.2, 0.25) is 0 Å². The van der Waals surface area contributed by atoms with Crippen LogP contribution in [0.15, 0.2) is 18.3 Å². The van der Waals surface area contributed by atoms with Gasteiger partial charge in [0.1, 0.15) is 11.2 Å². The van der Waals surface area contributed by atoms with Gasteiger partial charge in [0.15, 0.2) is 6.10 Å². The third-order valence-corrected chi connectivity index (χ3v) is 4.31. The lowest BCUT2D eigenvalue weighted by molar-refractivity contribution is -0.143. The van der Waals surface area contributed by atoms with Crippen LogP contribution < -0.4 is 0 Å². The molecule has 0 bridgehead atoms. The average molecular weight is 303 g/mol. The van der Waals surface area contributed by atoms with Gasteiger partial charge in [-0.15, -0.1) is 0 Å². The van der Waals surface area contributed by atoms with Crippen molar-refractivity contribution in [1.82, 2.24) is 9.88 Å². The SMILES string of the molecule is C[C@@H](OC(=O)c1ccc[nH]1)C(=O)N(C)C1(C#N)CCCCC1. The van der Waals surface area contributed by atoms with Gasteiger partial charge < -0.3 is 14.6 Å². The molecule has 0 saturated heterocycles. The van der Waals surface area contributed by atoms with Crippen molar-refractivity contribution in [3.8, 4) is 6.07 Å². The molecule has 1 N–H and O–H groups in total. The van der Waals surface area contributed by atoms with E-state index in [-0.39, 0.29) is 5.91 Å². The van der Waals surface area contributed by atoms with Crippen molar-refractivity contribution in [3.63, 3.8) is 0 Å². The molecule has 0 aromatic carbocycles. The number of nitrogens with one attached hydrogen (secondary N) is 1. The van der Waals surface area contributed by atoms with Gasteiger partial charge in [-0.05, 0) is 31.9 Å². The number of likely N-dealkylation sites (N-methyl/N-ethyl adjacent to an activating group) is 1. The molecule has 1 heterocycles. The van der Waals surface area contributed by atoms with Gasteiger partial charge in [-0.3, -0.25) is 4.79 Å². The van der Waals surface area contributed by atoms with E-state index < -0.39 is 17.6 Å². The number of nitrogens with zero attached hydrogens (tertiary/aromatic N) is 2. The second kappa shape index (κ2) is 6.65. The van der Waals surface area contributed by atoms with E-state index in [0.717, 1.165) is 19.3 Å². The van der Waals surface area contributed by atoms with Crippen molar-refractivity contribution in [2.45, 2.75) is 50.7 Å². The van der Waals surface area contributed by atoms with Crippen molar-refractivity contribution in [2.75, 3.05) is 7.05 Å². The summed E-state index contributed by atoms with van der Waals surface area (Å²) in [6, 6.07) is 5.56. The number of carbonyl (C=O) groups is 2. The molecule has 1 fully saturated rings. The minimum Gasteiger partial charge on any atom is -0.448 e. The molecule has 1 aliphatic rings. The second-order valence-electron chi connectivity index (χ2n) is 5.73. The molecule has 0 unspecified atom stereocenters. The van der Waals surface area contributed by atoms with Crippen LogP contribution in [0.1, 0.15) is 49.5 Å². The summed E-state index contributed by atoms with van der Waals surface area (Å²) in [4.78, 5) is 28.6. The van der Waals surface area contributed by atoms with E-state index in [2.05, 4.69) is 11.1 Å². The van der Waals surface area contributed by atoms with Gasteiger partial charge in [0.25, 0.3) is 5.91 Å². The Morgan fingerprint density at radius 2 is 2.09 bits per heavy atom. The molecule has 1 aliphatic carbocycles. The fourth-order valence-electron chi connectivity index (χ4n) is 2.87. The Labute approximate surface area is 130 Å². The zero-order chi connectivity index (χ0) is 16.2. The van der Waals surface area contributed by atoms with Crippen LogP contribution in [0.5, 0.6) is 0 Å². The fourth-order valence-corrected chi connectivity index (χ4v) is 2.87. The number of carbonyl (C=O) groups excluding carboxylic acids is 2. The minimum absolute atomic E-state index is 0.301. The van der Waals surface area contributed by atoms with Crippen LogP contribution in [0.25, 0.3) is 0 Å². The topological polar surface area (TPSA) is 86.2 Å². The molecular weight excluding hydrogens is 282 g/mol. The van der Waals surface area contributed by atoms with Gasteiger partial charge in [-0.25, -0.2) is 4.79 Å². The van der Waals surface area contributed by atoms with E-state index in [9.17, 15) is 14.9 Å². The van der Waals surface area contributed by atoms with Gasteiger partial charge in [-0.2, -0.15) is 5.26 Å². The van der Waals surface area contributed by atoms with Crippen LogP contribution in [-0.2, 0) is 9.53 Å². The number of amides is 1. The highest BCUT2D eigenvalue weighted by Gasteiger charge is 2.40. The Bertz CT molecular complexity index is 568. The number of ether oxygens (including phenoxy) is 1. The second-order valence-corrected chi connectivity index (χ2v) is 5.73. The molecule has 6 nitrogen and oxygen atoms in total. The van der Waals surface area contributed by atoms with Crippen molar-refractivity contribution in [2.24, 2.45) is 0 Å². The number of esters is 1. The minimum atomic E-state index is -0.923. The van der Waals surface area contributed by atoms with Crippen LogP contribution in [0, 0.1) is 11.3 Å². The van der Waals surface area contributed by atoms with Crippen LogP contribution in [0.4, 0.5) is 0 Å². The molecule has 0 radical (unpaired) electrons. The lowest BCUT2D eigenvalue weighted by Gasteiger charge is -2.39. The molecule has 6 heteroatoms. The van der Waals surface area contributed by atoms with Crippen molar-refractivity contribution in [1.29, 1.82) is 5.26 Å². The van der Waals surface area contributed by atoms with E-state index >= 15 is 0 Å². The summed E-state index contributed by atoms with van der Waals surface area (Å²) in [5, 5.41) is 9.52. The summed E-state index contributed by atoms with van der Waals surface area (Å²) in [6.45, 7) is 1.54. The number of nitriles is 1. The zero-order valence-corrected chi connectivity index (χ0v) is 13.0. The summed E-state index contributed by atoms with van der Waals surface area (Å²) in [5.74, 6) is -0.919. The molecule has 118 valence electrons. The molecule has 0 spiro atoms. The normalized spacial score (nSPS) is 18.0. The highest BCUT2D eigenvalue weighted by Crippen LogP contribution is 2.32. The number of hydrogen-bond donors (Lipinski definition) is 1. The predicted octanol–water partition coefficient (Wildman–Crippen LogP) is 2.24. The van der Waals surface area contributed by atoms with Crippen molar-refractivity contribution >= 4 is 11.9 Å². The molecular formula is C16H21N3O3. The van der Waals surface area contributed by atoms with Crippen LogP contribution in [0.3, 0.4) is 0 Å². The number of aromatic amines is 1. The van der Waals surface area contributed by atoms with Crippen LogP contribution in [-0.4, -0.2) is 40.5 Å². The quantitative estimate of drug-likeness (QED) is 0.864. The number of rotatable bonds is 4. The highest BCUT2D eigenvalue weighted by molar-refractivity contribution is 5.90. The van der Waals surface area contributed by atoms with Gasteiger partial charge in [0.2, 0.25) is 0 Å². The third-order valence-electron chi connectivity index (χ3n) is 4.31. The Morgan fingerprint density at radius 3 is 2.64 bits per heavy atom. The van der Waals surface area contributed by atoms with Crippen molar-refractivity contribution < 1.29 is 14.3 Å². The molecule has 1 atom stereocenters. The summed E-state index contributed by atoms with van der Waals surface area (Å²) >= 11 is 0. The predicted molar refractivity (Wildman–Crippen MR) is 79.9 cm³/mol. The van der Waals surface area contributed by atoms with E-state index in [0.29, 0.717) is 18.5 Å². The third kappa shape index (κ3) is 3.14. The smallest absolute Gasteiger partial charge is 0.355 e. The molecule has 1 saturated carbocycles. The number of aromatic nitrogens is 1. The molecule has 1 aromatic heterocycles. The fraction of sp³-hybridized carbons (Fsp3) is 0.562. The number of hydrogen-bond acceptors (Lipinski definition) is 4. The largest absolute Gasteiger partial charge is 0.448 e. The van der Waals surface area contributed by atoms with Crippen molar-refractivity contribution in [3.05, 3.63) is 24.0 Å². The standard InChI is InChI=1S/C16H21N3O3/c1-12(22-15(21)13-7-6-10-18-13)14(20)19(2)16(11-17)8-4-3-5-9-16/h6-7,10,12,18H,3-5,8-9H2,1-2H3/t12-/m1/s1. The Balaban J connectivity index is 2.03.